The second-order valence-corrected chi connectivity index (χ2v) is 10.4. The number of phenolic OH excluding ortho intramolecular Hbond substituents is 2. The summed E-state index contributed by atoms with van der Waals surface area (Å²) in [4.78, 5) is 13.7. The molecule has 3 aromatic rings. The number of methoxy groups -OCH3 is 1. The quantitative estimate of drug-likeness (QED) is 0.135. The van der Waals surface area contributed by atoms with E-state index in [2.05, 4.69) is 0 Å². The summed E-state index contributed by atoms with van der Waals surface area (Å²) in [5.74, 6) is -1.98. The molecule has 0 saturated carbocycles. The number of aromatic hydroxyl groups is 2. The lowest BCUT2D eigenvalue weighted by Crippen LogP contribution is -2.58. The van der Waals surface area contributed by atoms with E-state index in [1.165, 1.54) is 32.2 Å². The van der Waals surface area contributed by atoms with Gasteiger partial charge in [0.05, 0.1) is 19.8 Å². The van der Waals surface area contributed by atoms with Crippen LogP contribution in [0.15, 0.2) is 39.5 Å². The lowest BCUT2D eigenvalue weighted by Gasteiger charge is -2.39. The van der Waals surface area contributed by atoms with Gasteiger partial charge < -0.3 is 74.1 Å². The Morgan fingerprint density at radius 1 is 0.864 bits per heavy atom. The van der Waals surface area contributed by atoms with Gasteiger partial charge in [0.1, 0.15) is 65.2 Å². The predicted octanol–water partition coefficient (Wildman–Crippen LogP) is -1.74. The van der Waals surface area contributed by atoms with Gasteiger partial charge in [-0.25, -0.2) is 0 Å². The Morgan fingerprint density at radius 3 is 2.23 bits per heavy atom. The Kier molecular flexibility index (Phi) is 8.90. The molecule has 2 aliphatic rings. The van der Waals surface area contributed by atoms with Gasteiger partial charge in [-0.2, -0.15) is 0 Å². The molecule has 0 radical (unpaired) electrons. The van der Waals surface area contributed by atoms with Gasteiger partial charge in [-0.1, -0.05) is 0 Å². The highest BCUT2D eigenvalue weighted by molar-refractivity contribution is 5.88. The molecular weight excluding hydrogens is 592 g/mol. The predicted molar refractivity (Wildman–Crippen MR) is 145 cm³/mol. The normalized spacial score (nSPS) is 31.2. The third kappa shape index (κ3) is 5.63. The number of phenols is 2. The van der Waals surface area contributed by atoms with Crippen molar-refractivity contribution < 1.29 is 74.1 Å². The third-order valence-corrected chi connectivity index (χ3v) is 7.45. The molecule has 16 nitrogen and oxygen atoms in total. The molecule has 16 heteroatoms. The SMILES string of the molecule is COc1cc(-c2oc3cc(O)cc(O)c3c(=O)c2O[C@H]2O[C@@H]([C@H](O)CO)[C@@H](O)[C@H]2O)ccc1O[C@H]1O[C@@H](C)[C@@H](O)[C@@H](O)[C@@H]1O. The summed E-state index contributed by atoms with van der Waals surface area (Å²) < 4.78 is 33.6. The molecule has 240 valence electrons. The summed E-state index contributed by atoms with van der Waals surface area (Å²) in [5.41, 5.74) is -1.12. The van der Waals surface area contributed by atoms with Crippen molar-refractivity contribution in [3.05, 3.63) is 40.6 Å². The van der Waals surface area contributed by atoms with Crippen LogP contribution in [0.3, 0.4) is 0 Å². The van der Waals surface area contributed by atoms with Gasteiger partial charge in [-0.3, -0.25) is 4.79 Å². The van der Waals surface area contributed by atoms with Gasteiger partial charge in [0.15, 0.2) is 17.3 Å². The summed E-state index contributed by atoms with van der Waals surface area (Å²) in [7, 11) is 1.28. The molecule has 10 atom stereocenters. The number of rotatable bonds is 8. The van der Waals surface area contributed by atoms with Crippen LogP contribution in [0, 0.1) is 0 Å². The zero-order chi connectivity index (χ0) is 32.0. The lowest BCUT2D eigenvalue weighted by atomic mass is 10.00. The van der Waals surface area contributed by atoms with Crippen LogP contribution in [0.4, 0.5) is 0 Å². The smallest absolute Gasteiger partial charge is 0.239 e. The van der Waals surface area contributed by atoms with Crippen molar-refractivity contribution in [1.29, 1.82) is 0 Å². The average Bonchev–Trinajstić information content (AvgIpc) is 3.27. The molecule has 2 aromatic carbocycles. The topological polar surface area (TPSA) is 258 Å². The fourth-order valence-electron chi connectivity index (χ4n) is 5.01. The fraction of sp³-hybridized carbons (Fsp3) is 0.464. The molecule has 0 spiro atoms. The van der Waals surface area contributed by atoms with Crippen molar-refractivity contribution >= 4 is 11.0 Å². The molecule has 2 saturated heterocycles. The Balaban J connectivity index is 1.57. The van der Waals surface area contributed by atoms with Crippen LogP contribution in [0.25, 0.3) is 22.3 Å². The second kappa shape index (κ2) is 12.4. The summed E-state index contributed by atoms with van der Waals surface area (Å²) >= 11 is 0. The molecule has 0 amide bonds. The van der Waals surface area contributed by atoms with Crippen molar-refractivity contribution in [1.82, 2.24) is 0 Å². The zero-order valence-electron chi connectivity index (χ0n) is 23.3. The number of aliphatic hydroxyl groups is 7. The minimum Gasteiger partial charge on any atom is -0.508 e. The molecule has 3 heterocycles. The molecule has 9 N–H and O–H groups in total. The van der Waals surface area contributed by atoms with Crippen molar-refractivity contribution in [2.24, 2.45) is 0 Å². The Bertz CT molecular complexity index is 1560. The maximum absolute atomic E-state index is 13.7. The largest absolute Gasteiger partial charge is 0.508 e. The molecule has 0 bridgehead atoms. The van der Waals surface area contributed by atoms with E-state index in [1.807, 2.05) is 0 Å². The van der Waals surface area contributed by atoms with E-state index in [9.17, 15) is 50.8 Å². The van der Waals surface area contributed by atoms with Crippen molar-refractivity contribution in [2.75, 3.05) is 13.7 Å². The average molecular weight is 625 g/mol. The van der Waals surface area contributed by atoms with E-state index in [0.717, 1.165) is 12.1 Å². The molecule has 5 rings (SSSR count). The summed E-state index contributed by atoms with van der Waals surface area (Å²) in [6, 6.07) is 6.02. The summed E-state index contributed by atoms with van der Waals surface area (Å²) in [5, 5.41) is 90.5. The Morgan fingerprint density at radius 2 is 1.55 bits per heavy atom. The first-order valence-electron chi connectivity index (χ1n) is 13.4. The molecule has 0 unspecified atom stereocenters. The number of hydrogen-bond acceptors (Lipinski definition) is 16. The third-order valence-electron chi connectivity index (χ3n) is 7.45. The summed E-state index contributed by atoms with van der Waals surface area (Å²) in [6.07, 6.45) is -15.1. The van der Waals surface area contributed by atoms with Gasteiger partial charge in [0, 0.05) is 17.7 Å². The van der Waals surface area contributed by atoms with E-state index in [1.54, 1.807) is 0 Å². The molecule has 1 aromatic heterocycles. The second-order valence-electron chi connectivity index (χ2n) is 10.4. The summed E-state index contributed by atoms with van der Waals surface area (Å²) in [6.45, 7) is 0.670. The van der Waals surface area contributed by atoms with Crippen LogP contribution in [0.5, 0.6) is 28.7 Å². The van der Waals surface area contributed by atoms with Crippen LogP contribution in [0.2, 0.25) is 0 Å². The van der Waals surface area contributed by atoms with Crippen LogP contribution < -0.4 is 19.6 Å². The molecule has 2 aliphatic heterocycles. The lowest BCUT2D eigenvalue weighted by molar-refractivity contribution is -0.268. The molecule has 44 heavy (non-hydrogen) atoms. The van der Waals surface area contributed by atoms with Gasteiger partial charge in [0.2, 0.25) is 23.8 Å². The molecule has 2 fully saturated rings. The number of aliphatic hydroxyl groups excluding tert-OH is 7. The van der Waals surface area contributed by atoms with Gasteiger partial charge in [-0.05, 0) is 25.1 Å². The van der Waals surface area contributed by atoms with Gasteiger partial charge in [-0.15, -0.1) is 0 Å². The highest BCUT2D eigenvalue weighted by atomic mass is 16.7. The number of ether oxygens (including phenoxy) is 5. The maximum atomic E-state index is 13.7. The minimum absolute atomic E-state index is 0.00971. The van der Waals surface area contributed by atoms with Crippen molar-refractivity contribution in [2.45, 2.75) is 68.3 Å². The van der Waals surface area contributed by atoms with E-state index >= 15 is 0 Å². The van der Waals surface area contributed by atoms with E-state index < -0.39 is 96.1 Å². The van der Waals surface area contributed by atoms with E-state index in [4.69, 9.17) is 28.1 Å². The van der Waals surface area contributed by atoms with Crippen molar-refractivity contribution in [3.8, 4) is 40.1 Å². The zero-order valence-corrected chi connectivity index (χ0v) is 23.3. The van der Waals surface area contributed by atoms with E-state index in [-0.39, 0.29) is 28.4 Å². The first kappa shape index (κ1) is 31.7. The molecular formula is C28H32O16. The van der Waals surface area contributed by atoms with Crippen LogP contribution in [0.1, 0.15) is 6.92 Å². The van der Waals surface area contributed by atoms with Crippen LogP contribution in [-0.2, 0) is 9.47 Å². The highest BCUT2D eigenvalue weighted by Crippen LogP contribution is 2.41. The standard InChI is InChI=1S/C28H32O16/c1-9-18(33)20(35)22(37)27(40-9)42-14-4-3-10(5-15(14)39-2)24-26(19(34)17-12(31)6-11(30)7-16(17)41-24)44-28-23(38)21(36)25(43-28)13(32)8-29/h3-7,9,13,18,20-23,25,27-33,35-38H,8H2,1-2H3/t9-,13+,18+,20+,21-,22-,23+,25-,27+,28+/m0/s1. The minimum atomic E-state index is -1.79. The first-order valence-corrected chi connectivity index (χ1v) is 13.4. The number of benzene rings is 2. The maximum Gasteiger partial charge on any atom is 0.239 e. The van der Waals surface area contributed by atoms with Gasteiger partial charge in [0.25, 0.3) is 0 Å². The van der Waals surface area contributed by atoms with Crippen LogP contribution >= 0.6 is 0 Å². The van der Waals surface area contributed by atoms with Crippen molar-refractivity contribution in [3.63, 3.8) is 0 Å². The van der Waals surface area contributed by atoms with E-state index in [0.29, 0.717) is 0 Å². The number of fused-ring (bicyclic) bond motifs is 1. The Labute approximate surface area is 248 Å². The highest BCUT2D eigenvalue weighted by Gasteiger charge is 2.48. The monoisotopic (exact) mass is 624 g/mol. The Hall–Kier alpha value is -3.71. The number of hydrogen-bond donors (Lipinski definition) is 9. The van der Waals surface area contributed by atoms with Crippen LogP contribution in [-0.4, -0.2) is 121 Å². The first-order chi connectivity index (χ1) is 20.9. The van der Waals surface area contributed by atoms with Gasteiger partial charge >= 0.3 is 0 Å². The molecule has 0 aliphatic carbocycles. The fourth-order valence-corrected chi connectivity index (χ4v) is 5.01.